The molecule has 0 radical (unpaired) electrons. The van der Waals surface area contributed by atoms with Gasteiger partial charge in [-0.05, 0) is 56.8 Å². The van der Waals surface area contributed by atoms with Crippen LogP contribution in [-0.4, -0.2) is 27.5 Å². The summed E-state index contributed by atoms with van der Waals surface area (Å²) in [4.78, 5) is 0.395. The highest BCUT2D eigenvalue weighted by molar-refractivity contribution is 7.89. The molecule has 1 heterocycles. The molecule has 4 nitrogen and oxygen atoms in total. The molecule has 0 aromatic heterocycles. The highest BCUT2D eigenvalue weighted by Crippen LogP contribution is 2.16. The van der Waals surface area contributed by atoms with Gasteiger partial charge >= 0.3 is 0 Å². The van der Waals surface area contributed by atoms with E-state index < -0.39 is 10.0 Å². The monoisotopic (exact) mass is 282 g/mol. The third kappa shape index (κ3) is 3.78. The molecule has 1 aliphatic rings. The SMILES string of the molecule is Cc1ccc(C)c(S(=O)(=O)NCC[C@H]2CCCN2)c1. The van der Waals surface area contributed by atoms with E-state index in [1.54, 1.807) is 6.07 Å². The fraction of sp³-hybridized carbons (Fsp3) is 0.571. The lowest BCUT2D eigenvalue weighted by atomic mass is 10.2. The maximum Gasteiger partial charge on any atom is 0.240 e. The Morgan fingerprint density at radius 3 is 2.84 bits per heavy atom. The van der Waals surface area contributed by atoms with Gasteiger partial charge in [-0.15, -0.1) is 0 Å². The Morgan fingerprint density at radius 1 is 1.37 bits per heavy atom. The molecule has 1 aliphatic heterocycles. The van der Waals surface area contributed by atoms with E-state index in [1.807, 2.05) is 26.0 Å². The van der Waals surface area contributed by atoms with Crippen molar-refractivity contribution in [3.63, 3.8) is 0 Å². The van der Waals surface area contributed by atoms with Crippen LogP contribution in [0.2, 0.25) is 0 Å². The predicted octanol–water partition coefficient (Wildman–Crippen LogP) is 1.72. The average Bonchev–Trinajstić information content (AvgIpc) is 2.85. The molecule has 1 aromatic rings. The molecule has 0 bridgehead atoms. The minimum atomic E-state index is -3.38. The van der Waals surface area contributed by atoms with E-state index in [-0.39, 0.29) is 0 Å². The van der Waals surface area contributed by atoms with Crippen LogP contribution in [0.15, 0.2) is 23.1 Å². The second kappa shape index (κ2) is 6.03. The summed E-state index contributed by atoms with van der Waals surface area (Å²) < 4.78 is 27.2. The lowest BCUT2D eigenvalue weighted by Crippen LogP contribution is -2.31. The second-order valence-electron chi connectivity index (χ2n) is 5.25. The normalized spacial score (nSPS) is 19.8. The van der Waals surface area contributed by atoms with E-state index in [4.69, 9.17) is 0 Å². The molecule has 19 heavy (non-hydrogen) atoms. The zero-order valence-corrected chi connectivity index (χ0v) is 12.4. The van der Waals surface area contributed by atoms with Crippen LogP contribution in [0.25, 0.3) is 0 Å². The number of hydrogen-bond acceptors (Lipinski definition) is 3. The minimum Gasteiger partial charge on any atom is -0.314 e. The summed E-state index contributed by atoms with van der Waals surface area (Å²) >= 11 is 0. The van der Waals surface area contributed by atoms with Gasteiger partial charge < -0.3 is 5.32 Å². The molecule has 0 unspecified atom stereocenters. The van der Waals surface area contributed by atoms with Crippen LogP contribution < -0.4 is 10.0 Å². The van der Waals surface area contributed by atoms with Crippen LogP contribution in [0.5, 0.6) is 0 Å². The molecule has 106 valence electrons. The summed E-state index contributed by atoms with van der Waals surface area (Å²) in [5.74, 6) is 0. The number of sulfonamides is 1. The smallest absolute Gasteiger partial charge is 0.240 e. The van der Waals surface area contributed by atoms with Gasteiger partial charge in [0.2, 0.25) is 10.0 Å². The van der Waals surface area contributed by atoms with Crippen LogP contribution in [0.4, 0.5) is 0 Å². The summed E-state index contributed by atoms with van der Waals surface area (Å²) in [6.45, 7) is 5.27. The molecule has 1 atom stereocenters. The first-order valence-electron chi connectivity index (χ1n) is 6.79. The Kier molecular flexibility index (Phi) is 4.60. The van der Waals surface area contributed by atoms with Crippen molar-refractivity contribution in [3.8, 4) is 0 Å². The van der Waals surface area contributed by atoms with Crippen LogP contribution >= 0.6 is 0 Å². The molecule has 0 amide bonds. The summed E-state index contributed by atoms with van der Waals surface area (Å²) in [5.41, 5.74) is 1.75. The molecule has 0 spiro atoms. The number of benzene rings is 1. The molecule has 1 fully saturated rings. The largest absolute Gasteiger partial charge is 0.314 e. The second-order valence-corrected chi connectivity index (χ2v) is 6.98. The topological polar surface area (TPSA) is 58.2 Å². The molecular weight excluding hydrogens is 260 g/mol. The molecule has 2 rings (SSSR count). The third-order valence-corrected chi connectivity index (χ3v) is 5.18. The van der Waals surface area contributed by atoms with Gasteiger partial charge in [-0.2, -0.15) is 0 Å². The van der Waals surface area contributed by atoms with Crippen LogP contribution in [0.3, 0.4) is 0 Å². The van der Waals surface area contributed by atoms with E-state index in [0.29, 0.717) is 17.5 Å². The van der Waals surface area contributed by atoms with Gasteiger partial charge in [0.25, 0.3) is 0 Å². The molecule has 0 aliphatic carbocycles. The first kappa shape index (κ1) is 14.5. The molecule has 1 saturated heterocycles. The molecule has 2 N–H and O–H groups in total. The standard InChI is InChI=1S/C14H22N2O2S/c1-11-5-6-12(2)14(10-11)19(17,18)16-9-7-13-4-3-8-15-13/h5-6,10,13,15-16H,3-4,7-9H2,1-2H3/t13-/m1/s1. The van der Waals surface area contributed by atoms with Crippen molar-refractivity contribution in [2.45, 2.75) is 44.0 Å². The lowest BCUT2D eigenvalue weighted by Gasteiger charge is -2.12. The number of rotatable bonds is 5. The van der Waals surface area contributed by atoms with Crippen molar-refractivity contribution in [2.24, 2.45) is 0 Å². The highest BCUT2D eigenvalue weighted by Gasteiger charge is 2.18. The predicted molar refractivity (Wildman–Crippen MR) is 76.7 cm³/mol. The number of aryl methyl sites for hydroxylation is 2. The van der Waals surface area contributed by atoms with Gasteiger partial charge in [0.15, 0.2) is 0 Å². The van der Waals surface area contributed by atoms with E-state index in [9.17, 15) is 8.42 Å². The van der Waals surface area contributed by atoms with Gasteiger partial charge in [-0.25, -0.2) is 13.1 Å². The van der Waals surface area contributed by atoms with Crippen molar-refractivity contribution in [2.75, 3.05) is 13.1 Å². The van der Waals surface area contributed by atoms with Crippen molar-refractivity contribution in [3.05, 3.63) is 29.3 Å². The first-order valence-corrected chi connectivity index (χ1v) is 8.28. The van der Waals surface area contributed by atoms with Crippen LogP contribution in [0, 0.1) is 13.8 Å². The van der Waals surface area contributed by atoms with Gasteiger partial charge in [0, 0.05) is 12.6 Å². The molecule has 5 heteroatoms. The van der Waals surface area contributed by atoms with Crippen LogP contribution in [-0.2, 0) is 10.0 Å². The maximum atomic E-state index is 12.2. The van der Waals surface area contributed by atoms with E-state index >= 15 is 0 Å². The maximum absolute atomic E-state index is 12.2. The van der Waals surface area contributed by atoms with Gasteiger partial charge in [0.1, 0.15) is 0 Å². The Balaban J connectivity index is 1.99. The van der Waals surface area contributed by atoms with Gasteiger partial charge in [-0.1, -0.05) is 12.1 Å². The van der Waals surface area contributed by atoms with E-state index in [2.05, 4.69) is 10.0 Å². The Bertz CT molecular complexity index is 534. The first-order chi connectivity index (χ1) is 8.99. The summed E-state index contributed by atoms with van der Waals surface area (Å²) in [6, 6.07) is 5.96. The zero-order valence-electron chi connectivity index (χ0n) is 11.6. The number of nitrogens with one attached hydrogen (secondary N) is 2. The van der Waals surface area contributed by atoms with Crippen LogP contribution in [0.1, 0.15) is 30.4 Å². The third-order valence-electron chi connectivity index (χ3n) is 3.58. The Labute approximate surface area is 115 Å². The quantitative estimate of drug-likeness (QED) is 0.864. The van der Waals surface area contributed by atoms with E-state index in [0.717, 1.165) is 30.5 Å². The average molecular weight is 282 g/mol. The number of hydrogen-bond donors (Lipinski definition) is 2. The zero-order chi connectivity index (χ0) is 13.9. The Hall–Kier alpha value is -0.910. The highest BCUT2D eigenvalue weighted by atomic mass is 32.2. The van der Waals surface area contributed by atoms with Crippen molar-refractivity contribution < 1.29 is 8.42 Å². The van der Waals surface area contributed by atoms with E-state index in [1.165, 1.54) is 6.42 Å². The fourth-order valence-electron chi connectivity index (χ4n) is 2.45. The summed E-state index contributed by atoms with van der Waals surface area (Å²) in [7, 11) is -3.38. The molecular formula is C14H22N2O2S. The van der Waals surface area contributed by atoms with Gasteiger partial charge in [-0.3, -0.25) is 0 Å². The summed E-state index contributed by atoms with van der Waals surface area (Å²) in [6.07, 6.45) is 3.18. The molecule has 1 aromatic carbocycles. The minimum absolute atomic E-state index is 0.395. The van der Waals surface area contributed by atoms with Crippen molar-refractivity contribution in [1.82, 2.24) is 10.0 Å². The fourth-order valence-corrected chi connectivity index (χ4v) is 3.82. The lowest BCUT2D eigenvalue weighted by molar-refractivity contribution is 0.539. The molecule has 0 saturated carbocycles. The van der Waals surface area contributed by atoms with Crippen molar-refractivity contribution in [1.29, 1.82) is 0 Å². The van der Waals surface area contributed by atoms with Gasteiger partial charge in [0.05, 0.1) is 4.90 Å². The Morgan fingerprint density at radius 2 is 2.16 bits per heavy atom. The summed E-state index contributed by atoms with van der Waals surface area (Å²) in [5, 5.41) is 3.37. The van der Waals surface area contributed by atoms with Crippen molar-refractivity contribution >= 4 is 10.0 Å².